The lowest BCUT2D eigenvalue weighted by atomic mass is 9.56. The second-order valence-electron chi connectivity index (χ2n) is 6.34. The Morgan fingerprint density at radius 3 is 2.65 bits per heavy atom. The maximum Gasteiger partial charge on any atom is 0.0587 e. The highest BCUT2D eigenvalue weighted by molar-refractivity contribution is 6.31. The van der Waals surface area contributed by atoms with Crippen LogP contribution in [0.4, 0.5) is 0 Å². The van der Waals surface area contributed by atoms with Crippen molar-refractivity contribution < 1.29 is 4.74 Å². The van der Waals surface area contributed by atoms with Crippen LogP contribution in [0.15, 0.2) is 24.3 Å². The van der Waals surface area contributed by atoms with E-state index >= 15 is 0 Å². The molecule has 0 radical (unpaired) electrons. The van der Waals surface area contributed by atoms with Gasteiger partial charge >= 0.3 is 0 Å². The molecule has 1 N–H and O–H groups in total. The number of hydrogen-bond donors (Lipinski definition) is 1. The Morgan fingerprint density at radius 2 is 2.05 bits per heavy atom. The summed E-state index contributed by atoms with van der Waals surface area (Å²) in [4.78, 5) is 0. The zero-order valence-corrected chi connectivity index (χ0v) is 13.5. The highest BCUT2D eigenvalue weighted by Gasteiger charge is 2.46. The van der Waals surface area contributed by atoms with Gasteiger partial charge in [-0.05, 0) is 36.3 Å². The van der Waals surface area contributed by atoms with E-state index in [2.05, 4.69) is 31.3 Å². The van der Waals surface area contributed by atoms with E-state index in [9.17, 15) is 0 Å². The monoisotopic (exact) mass is 295 g/mol. The molecule has 2 rings (SSSR count). The second-order valence-corrected chi connectivity index (χ2v) is 6.75. The topological polar surface area (TPSA) is 21.3 Å². The molecule has 1 aromatic rings. The molecule has 0 amide bonds. The Kier molecular flexibility index (Phi) is 5.48. The number of nitrogens with one attached hydrogen (secondary N) is 1. The third kappa shape index (κ3) is 3.36. The van der Waals surface area contributed by atoms with Gasteiger partial charge in [-0.1, -0.05) is 43.6 Å². The van der Waals surface area contributed by atoms with Crippen molar-refractivity contribution in [2.24, 2.45) is 11.8 Å². The van der Waals surface area contributed by atoms with Crippen molar-refractivity contribution in [3.63, 3.8) is 0 Å². The van der Waals surface area contributed by atoms with Crippen molar-refractivity contribution in [2.75, 3.05) is 26.8 Å². The van der Waals surface area contributed by atoms with Gasteiger partial charge in [0.2, 0.25) is 0 Å². The van der Waals surface area contributed by atoms with E-state index in [4.69, 9.17) is 16.3 Å². The number of ether oxygens (including phenoxy) is 1. The molecule has 0 bridgehead atoms. The molecular formula is C17H26ClNO. The SMILES string of the molecule is COCCNCC1(c2ccccc2Cl)CC(C(C)C)C1. The lowest BCUT2D eigenvalue weighted by Crippen LogP contribution is -2.50. The minimum atomic E-state index is 0.209. The standard InChI is InChI=1S/C17H26ClNO/c1-13(2)14-10-17(11-14,12-19-8-9-20-3)15-6-4-5-7-16(15)18/h4-7,13-14,19H,8-12H2,1-3H3. The van der Waals surface area contributed by atoms with Crippen molar-refractivity contribution in [3.8, 4) is 0 Å². The number of benzene rings is 1. The van der Waals surface area contributed by atoms with E-state index < -0.39 is 0 Å². The predicted molar refractivity (Wildman–Crippen MR) is 85.4 cm³/mol. The van der Waals surface area contributed by atoms with Gasteiger partial charge in [-0.15, -0.1) is 0 Å². The molecule has 0 saturated heterocycles. The molecule has 0 aromatic heterocycles. The van der Waals surface area contributed by atoms with Crippen molar-refractivity contribution in [3.05, 3.63) is 34.9 Å². The summed E-state index contributed by atoms with van der Waals surface area (Å²) in [7, 11) is 1.74. The van der Waals surface area contributed by atoms with Gasteiger partial charge in [0.25, 0.3) is 0 Å². The summed E-state index contributed by atoms with van der Waals surface area (Å²) < 4.78 is 5.11. The average Bonchev–Trinajstić information content (AvgIpc) is 2.37. The molecule has 1 fully saturated rings. The largest absolute Gasteiger partial charge is 0.383 e. The van der Waals surface area contributed by atoms with Crippen LogP contribution in [-0.4, -0.2) is 26.8 Å². The highest BCUT2D eigenvalue weighted by Crippen LogP contribution is 2.51. The fourth-order valence-corrected chi connectivity index (χ4v) is 3.60. The van der Waals surface area contributed by atoms with E-state index in [1.54, 1.807) is 7.11 Å². The molecule has 0 aliphatic heterocycles. The summed E-state index contributed by atoms with van der Waals surface area (Å²) in [6, 6.07) is 8.31. The van der Waals surface area contributed by atoms with E-state index in [0.29, 0.717) is 0 Å². The van der Waals surface area contributed by atoms with Crippen molar-refractivity contribution in [1.82, 2.24) is 5.32 Å². The third-order valence-corrected chi connectivity index (χ3v) is 4.97. The molecule has 0 unspecified atom stereocenters. The van der Waals surface area contributed by atoms with E-state index in [1.807, 2.05) is 12.1 Å². The van der Waals surface area contributed by atoms with Gasteiger partial charge in [0.05, 0.1) is 6.61 Å². The van der Waals surface area contributed by atoms with E-state index in [0.717, 1.165) is 36.6 Å². The molecule has 0 atom stereocenters. The number of halogens is 1. The fourth-order valence-electron chi connectivity index (χ4n) is 3.27. The average molecular weight is 296 g/mol. The summed E-state index contributed by atoms with van der Waals surface area (Å²) in [6.07, 6.45) is 2.46. The molecule has 2 nitrogen and oxygen atoms in total. The summed E-state index contributed by atoms with van der Waals surface area (Å²) in [6.45, 7) is 7.28. The summed E-state index contributed by atoms with van der Waals surface area (Å²) in [5.74, 6) is 1.57. The molecule has 1 aliphatic carbocycles. The number of rotatable bonds is 7. The van der Waals surface area contributed by atoms with Crippen LogP contribution >= 0.6 is 11.6 Å². The van der Waals surface area contributed by atoms with Gasteiger partial charge in [-0.25, -0.2) is 0 Å². The van der Waals surface area contributed by atoms with Crippen LogP contribution in [0.5, 0.6) is 0 Å². The van der Waals surface area contributed by atoms with Crippen LogP contribution < -0.4 is 5.32 Å². The van der Waals surface area contributed by atoms with Crippen LogP contribution in [0.3, 0.4) is 0 Å². The van der Waals surface area contributed by atoms with Crippen molar-refractivity contribution >= 4 is 11.6 Å². The smallest absolute Gasteiger partial charge is 0.0587 e. The van der Waals surface area contributed by atoms with Crippen LogP contribution in [0.1, 0.15) is 32.3 Å². The van der Waals surface area contributed by atoms with Gasteiger partial charge in [-0.3, -0.25) is 0 Å². The molecule has 3 heteroatoms. The molecule has 1 aromatic carbocycles. The first-order chi connectivity index (χ1) is 9.59. The lowest BCUT2D eigenvalue weighted by molar-refractivity contribution is 0.0950. The Labute approximate surface area is 127 Å². The molecule has 20 heavy (non-hydrogen) atoms. The molecular weight excluding hydrogens is 270 g/mol. The highest BCUT2D eigenvalue weighted by atomic mass is 35.5. The van der Waals surface area contributed by atoms with Crippen LogP contribution in [0.25, 0.3) is 0 Å². The minimum absolute atomic E-state index is 0.209. The van der Waals surface area contributed by atoms with E-state index in [-0.39, 0.29) is 5.41 Å². The first kappa shape index (κ1) is 15.8. The predicted octanol–water partition coefficient (Wildman–Crippen LogP) is 3.88. The Morgan fingerprint density at radius 1 is 1.35 bits per heavy atom. The van der Waals surface area contributed by atoms with Crippen LogP contribution in [0, 0.1) is 11.8 Å². The van der Waals surface area contributed by atoms with Gasteiger partial charge in [0.1, 0.15) is 0 Å². The lowest BCUT2D eigenvalue weighted by Gasteiger charge is -2.50. The third-order valence-electron chi connectivity index (χ3n) is 4.64. The van der Waals surface area contributed by atoms with E-state index in [1.165, 1.54) is 18.4 Å². The number of hydrogen-bond acceptors (Lipinski definition) is 2. The maximum atomic E-state index is 6.44. The second kappa shape index (κ2) is 6.93. The van der Waals surface area contributed by atoms with Crippen molar-refractivity contribution in [2.45, 2.75) is 32.1 Å². The molecule has 112 valence electrons. The minimum Gasteiger partial charge on any atom is -0.383 e. The van der Waals surface area contributed by atoms with Gasteiger partial charge in [-0.2, -0.15) is 0 Å². The molecule has 1 saturated carbocycles. The normalized spacial score (nSPS) is 25.8. The zero-order chi connectivity index (χ0) is 14.6. The molecule has 1 aliphatic rings. The summed E-state index contributed by atoms with van der Waals surface area (Å²) in [5.41, 5.74) is 1.52. The van der Waals surface area contributed by atoms with Crippen LogP contribution in [-0.2, 0) is 10.2 Å². The van der Waals surface area contributed by atoms with Crippen LogP contribution in [0.2, 0.25) is 5.02 Å². The maximum absolute atomic E-state index is 6.44. The van der Waals surface area contributed by atoms with Crippen molar-refractivity contribution in [1.29, 1.82) is 0 Å². The summed E-state index contributed by atoms with van der Waals surface area (Å²) in [5, 5.41) is 4.44. The fraction of sp³-hybridized carbons (Fsp3) is 0.647. The zero-order valence-electron chi connectivity index (χ0n) is 12.8. The van der Waals surface area contributed by atoms with Gasteiger partial charge in [0, 0.05) is 30.6 Å². The molecule has 0 spiro atoms. The first-order valence-electron chi connectivity index (χ1n) is 7.54. The number of methoxy groups -OCH3 is 1. The Hall–Kier alpha value is -0.570. The first-order valence-corrected chi connectivity index (χ1v) is 7.91. The van der Waals surface area contributed by atoms with Gasteiger partial charge < -0.3 is 10.1 Å². The summed E-state index contributed by atoms with van der Waals surface area (Å²) >= 11 is 6.44. The molecule has 0 heterocycles. The Bertz CT molecular complexity index is 427. The quantitative estimate of drug-likeness (QED) is 0.771. The van der Waals surface area contributed by atoms with Gasteiger partial charge in [0.15, 0.2) is 0 Å². The Balaban J connectivity index is 2.08.